The van der Waals surface area contributed by atoms with Crippen LogP contribution in [0.4, 0.5) is 0 Å². The molecular weight excluding hydrogens is 138 g/mol. The van der Waals surface area contributed by atoms with Crippen LogP contribution in [0.2, 0.25) is 0 Å². The topological polar surface area (TPSA) is 84.2 Å². The monoisotopic (exact) mass is 151 g/mol. The molecule has 0 fully saturated rings. The van der Waals surface area contributed by atoms with E-state index >= 15 is 0 Å². The smallest absolute Gasteiger partial charge is 0.280 e. The van der Waals surface area contributed by atoms with Gasteiger partial charge in [-0.3, -0.25) is 4.90 Å². The Hall–Kier alpha value is -0.200. The van der Waals surface area contributed by atoms with E-state index in [0.717, 1.165) is 11.8 Å². The Bertz CT molecular complexity index is 115. The molecule has 10 heavy (non-hydrogen) atoms. The molecule has 0 spiro atoms. The van der Waals surface area contributed by atoms with Crippen molar-refractivity contribution in [1.29, 1.82) is 0 Å². The van der Waals surface area contributed by atoms with Gasteiger partial charge < -0.3 is 20.4 Å². The highest BCUT2D eigenvalue weighted by atomic mass is 16.6. The molecule has 0 aliphatic carbocycles. The summed E-state index contributed by atoms with van der Waals surface area (Å²) >= 11 is 0. The van der Waals surface area contributed by atoms with Crippen molar-refractivity contribution in [2.24, 2.45) is 0 Å². The van der Waals surface area contributed by atoms with Crippen molar-refractivity contribution in [3.8, 4) is 0 Å². The van der Waals surface area contributed by atoms with Gasteiger partial charge in [0.05, 0.1) is 0 Å². The second-order valence-corrected chi connectivity index (χ2v) is 2.55. The average Bonchev–Trinajstić information content (AvgIpc) is 1.62. The third-order valence-electron chi connectivity index (χ3n) is 1.26. The van der Waals surface area contributed by atoms with Crippen LogP contribution >= 0.6 is 0 Å². The number of nitrogens with zero attached hydrogens (tertiary/aromatic N) is 1. The number of rotatable bonds is 2. The summed E-state index contributed by atoms with van der Waals surface area (Å²) < 4.78 is 0. The summed E-state index contributed by atoms with van der Waals surface area (Å²) in [5, 5.41) is 35.3. The van der Waals surface area contributed by atoms with E-state index in [2.05, 4.69) is 0 Å². The van der Waals surface area contributed by atoms with Crippen LogP contribution in [-0.2, 0) is 0 Å². The van der Waals surface area contributed by atoms with E-state index in [1.807, 2.05) is 0 Å². The number of likely N-dealkylation sites (N-methyl/N-ethyl adjacent to an activating group) is 1. The van der Waals surface area contributed by atoms with E-state index in [1.165, 1.54) is 14.1 Å². The normalized spacial score (nSPS) is 14.4. The zero-order chi connectivity index (χ0) is 8.58. The molecule has 5 heteroatoms. The van der Waals surface area contributed by atoms with E-state index in [-0.39, 0.29) is 0 Å². The van der Waals surface area contributed by atoms with Crippen LogP contribution in [0, 0.1) is 0 Å². The highest BCUT2D eigenvalue weighted by Gasteiger charge is 2.45. The van der Waals surface area contributed by atoms with Crippen molar-refractivity contribution in [3.05, 3.63) is 0 Å². The van der Waals surface area contributed by atoms with E-state index in [9.17, 15) is 0 Å². The van der Waals surface area contributed by atoms with Crippen LogP contribution in [0.1, 0.15) is 6.92 Å². The first kappa shape index (κ1) is 9.80. The predicted molar refractivity (Wildman–Crippen MR) is 33.7 cm³/mol. The van der Waals surface area contributed by atoms with Crippen molar-refractivity contribution < 1.29 is 20.4 Å². The second kappa shape index (κ2) is 2.44. The Morgan fingerprint density at radius 1 is 1.00 bits per heavy atom. The lowest BCUT2D eigenvalue weighted by molar-refractivity contribution is -0.398. The molecule has 0 aromatic rings. The third-order valence-corrected chi connectivity index (χ3v) is 1.26. The van der Waals surface area contributed by atoms with Gasteiger partial charge in [0.15, 0.2) is 0 Å². The van der Waals surface area contributed by atoms with Gasteiger partial charge in [0.2, 0.25) is 5.79 Å². The molecule has 4 N–H and O–H groups in total. The fourth-order valence-electron chi connectivity index (χ4n) is 0.424. The molecule has 0 aromatic carbocycles. The fraction of sp³-hybridized carbons (Fsp3) is 1.00. The average molecular weight is 151 g/mol. The largest absolute Gasteiger partial charge is 0.360 e. The maximum Gasteiger partial charge on any atom is 0.280 e. The van der Waals surface area contributed by atoms with E-state index in [0.29, 0.717) is 0 Å². The summed E-state index contributed by atoms with van der Waals surface area (Å²) in [7, 11) is 2.62. The van der Waals surface area contributed by atoms with Gasteiger partial charge in [0.25, 0.3) is 5.91 Å². The minimum atomic E-state index is -2.62. The quantitative estimate of drug-likeness (QED) is 0.339. The van der Waals surface area contributed by atoms with Crippen LogP contribution in [0.5, 0.6) is 0 Å². The maximum absolute atomic E-state index is 8.91. The summed E-state index contributed by atoms with van der Waals surface area (Å²) in [6.45, 7) is 0.882. The number of hydrogen-bond donors (Lipinski definition) is 4. The van der Waals surface area contributed by atoms with Gasteiger partial charge in [-0.15, -0.1) is 0 Å². The zero-order valence-electron chi connectivity index (χ0n) is 6.24. The van der Waals surface area contributed by atoms with Crippen molar-refractivity contribution in [2.75, 3.05) is 14.1 Å². The summed E-state index contributed by atoms with van der Waals surface area (Å²) in [6, 6.07) is 0. The molecule has 0 atom stereocenters. The molecule has 0 bridgehead atoms. The highest BCUT2D eigenvalue weighted by molar-refractivity contribution is 4.74. The summed E-state index contributed by atoms with van der Waals surface area (Å²) in [4.78, 5) is 0.882. The standard InChI is InChI=1S/C5H13NO4/c1-4(7,8)5(9,10)6(2)3/h7-10H,1-3H3. The highest BCUT2D eigenvalue weighted by Crippen LogP contribution is 2.17. The van der Waals surface area contributed by atoms with Gasteiger partial charge in [-0.05, 0) is 21.0 Å². The lowest BCUT2D eigenvalue weighted by atomic mass is 10.2. The lowest BCUT2D eigenvalue weighted by Crippen LogP contribution is -2.61. The van der Waals surface area contributed by atoms with Gasteiger partial charge >= 0.3 is 0 Å². The van der Waals surface area contributed by atoms with Gasteiger partial charge in [-0.25, -0.2) is 0 Å². The molecule has 0 aromatic heterocycles. The van der Waals surface area contributed by atoms with E-state index in [4.69, 9.17) is 20.4 Å². The molecule has 5 nitrogen and oxygen atoms in total. The van der Waals surface area contributed by atoms with Crippen molar-refractivity contribution in [2.45, 2.75) is 18.6 Å². The fourth-order valence-corrected chi connectivity index (χ4v) is 0.424. The van der Waals surface area contributed by atoms with Crippen LogP contribution in [0.25, 0.3) is 0 Å². The van der Waals surface area contributed by atoms with Gasteiger partial charge in [-0.1, -0.05) is 0 Å². The van der Waals surface area contributed by atoms with Crippen LogP contribution in [0.15, 0.2) is 0 Å². The van der Waals surface area contributed by atoms with Gasteiger partial charge in [-0.2, -0.15) is 0 Å². The molecule has 0 radical (unpaired) electrons. The van der Waals surface area contributed by atoms with E-state index < -0.39 is 11.7 Å². The van der Waals surface area contributed by atoms with Crippen molar-refractivity contribution in [1.82, 2.24) is 4.90 Å². The van der Waals surface area contributed by atoms with Crippen LogP contribution < -0.4 is 0 Å². The van der Waals surface area contributed by atoms with Crippen molar-refractivity contribution in [3.63, 3.8) is 0 Å². The first-order valence-corrected chi connectivity index (χ1v) is 2.76. The predicted octanol–water partition coefficient (Wildman–Crippen LogP) is -2.11. The molecular formula is C5H13NO4. The number of hydrogen-bond acceptors (Lipinski definition) is 5. The lowest BCUT2D eigenvalue weighted by Gasteiger charge is -2.36. The Morgan fingerprint density at radius 3 is 1.30 bits per heavy atom. The van der Waals surface area contributed by atoms with Gasteiger partial charge in [0, 0.05) is 0 Å². The van der Waals surface area contributed by atoms with Crippen LogP contribution in [0.3, 0.4) is 0 Å². The van der Waals surface area contributed by atoms with Crippen LogP contribution in [-0.4, -0.2) is 51.1 Å². The molecule has 0 aliphatic heterocycles. The molecule has 0 saturated heterocycles. The first-order chi connectivity index (χ1) is 4.19. The van der Waals surface area contributed by atoms with Gasteiger partial charge in [0.1, 0.15) is 0 Å². The van der Waals surface area contributed by atoms with Crippen molar-refractivity contribution >= 4 is 0 Å². The maximum atomic E-state index is 8.91. The SMILES string of the molecule is CN(C)C(O)(O)C(C)(O)O. The number of aliphatic hydroxyl groups is 4. The molecule has 0 amide bonds. The Labute approximate surface area is 59.1 Å². The van der Waals surface area contributed by atoms with E-state index in [1.54, 1.807) is 0 Å². The molecule has 0 unspecified atom stereocenters. The molecule has 0 aliphatic rings. The molecule has 0 saturated carbocycles. The molecule has 0 heterocycles. The summed E-state index contributed by atoms with van der Waals surface area (Å²) in [5.41, 5.74) is 0. The summed E-state index contributed by atoms with van der Waals surface area (Å²) in [5.74, 6) is -5.16. The second-order valence-electron chi connectivity index (χ2n) is 2.55. The molecule has 0 rings (SSSR count). The Kier molecular flexibility index (Phi) is 2.40. The minimum Gasteiger partial charge on any atom is -0.360 e. The molecule has 62 valence electrons. The first-order valence-electron chi connectivity index (χ1n) is 2.76. The third kappa shape index (κ3) is 1.65. The minimum absolute atomic E-state index is 0.882. The Morgan fingerprint density at radius 2 is 1.30 bits per heavy atom. The zero-order valence-corrected chi connectivity index (χ0v) is 6.24. The Balaban J connectivity index is 4.40. The summed E-state index contributed by atoms with van der Waals surface area (Å²) in [6.07, 6.45) is 0.